The van der Waals surface area contributed by atoms with Gasteiger partial charge in [-0.15, -0.1) is 0 Å². The predicted octanol–water partition coefficient (Wildman–Crippen LogP) is 1.73. The van der Waals surface area contributed by atoms with Gasteiger partial charge < -0.3 is 22.1 Å². The summed E-state index contributed by atoms with van der Waals surface area (Å²) < 4.78 is 0. The molecule has 1 rings (SSSR count). The highest BCUT2D eigenvalue weighted by Gasteiger charge is 2.11. The molecule has 0 saturated heterocycles. The zero-order valence-corrected chi connectivity index (χ0v) is 12.6. The number of hydrogen-bond acceptors (Lipinski definition) is 3. The molecule has 0 spiro atoms. The molecule has 0 radical (unpaired) electrons. The maximum Gasteiger partial charge on any atom is 0.316 e. The van der Waals surface area contributed by atoms with Crippen LogP contribution < -0.4 is 22.1 Å². The minimum absolute atomic E-state index is 0.0159. The monoisotopic (exact) mass is 292 g/mol. The summed E-state index contributed by atoms with van der Waals surface area (Å²) >= 11 is 0. The molecule has 0 aliphatic rings. The fourth-order valence-electron chi connectivity index (χ4n) is 1.89. The van der Waals surface area contributed by atoms with Crippen LogP contribution in [0.15, 0.2) is 24.3 Å². The molecule has 2 unspecified atom stereocenters. The number of rotatable bonds is 7. The SMILES string of the molecule is CC(CN)CCC(=O)NC(C)c1ccc(NC(N)=O)cc1. The number of amides is 3. The lowest BCUT2D eigenvalue weighted by molar-refractivity contribution is -0.122. The molecule has 0 saturated carbocycles. The van der Waals surface area contributed by atoms with Crippen LogP contribution in [-0.4, -0.2) is 18.5 Å². The van der Waals surface area contributed by atoms with Crippen molar-refractivity contribution in [3.05, 3.63) is 29.8 Å². The molecule has 6 N–H and O–H groups in total. The molecule has 2 atom stereocenters. The van der Waals surface area contributed by atoms with Crippen molar-refractivity contribution >= 4 is 17.6 Å². The summed E-state index contributed by atoms with van der Waals surface area (Å²) in [4.78, 5) is 22.6. The maximum atomic E-state index is 11.8. The lowest BCUT2D eigenvalue weighted by atomic mass is 10.0. The van der Waals surface area contributed by atoms with E-state index < -0.39 is 6.03 Å². The molecular weight excluding hydrogens is 268 g/mol. The van der Waals surface area contributed by atoms with E-state index in [2.05, 4.69) is 10.6 Å². The second kappa shape index (κ2) is 8.26. The van der Waals surface area contributed by atoms with E-state index in [0.717, 1.165) is 12.0 Å². The molecule has 21 heavy (non-hydrogen) atoms. The number of nitrogens with two attached hydrogens (primary N) is 2. The van der Waals surface area contributed by atoms with Crippen molar-refractivity contribution in [3.63, 3.8) is 0 Å². The number of hydrogen-bond donors (Lipinski definition) is 4. The Kier molecular flexibility index (Phi) is 6.68. The minimum atomic E-state index is -0.599. The Bertz CT molecular complexity index is 473. The van der Waals surface area contributed by atoms with Crippen LogP contribution >= 0.6 is 0 Å². The molecule has 116 valence electrons. The molecule has 0 aromatic heterocycles. The van der Waals surface area contributed by atoms with Crippen LogP contribution in [0.3, 0.4) is 0 Å². The highest BCUT2D eigenvalue weighted by Crippen LogP contribution is 2.16. The van der Waals surface area contributed by atoms with Gasteiger partial charge in [-0.1, -0.05) is 19.1 Å². The summed E-state index contributed by atoms with van der Waals surface area (Å²) in [6.07, 6.45) is 1.26. The van der Waals surface area contributed by atoms with E-state index >= 15 is 0 Å². The van der Waals surface area contributed by atoms with E-state index in [1.165, 1.54) is 0 Å². The van der Waals surface area contributed by atoms with Crippen LogP contribution in [0.2, 0.25) is 0 Å². The summed E-state index contributed by atoms with van der Waals surface area (Å²) in [5.74, 6) is 0.368. The van der Waals surface area contributed by atoms with Gasteiger partial charge in [0.2, 0.25) is 5.91 Å². The fraction of sp³-hybridized carbons (Fsp3) is 0.467. The van der Waals surface area contributed by atoms with Gasteiger partial charge in [-0.25, -0.2) is 4.79 Å². The zero-order valence-electron chi connectivity index (χ0n) is 12.6. The second-order valence-electron chi connectivity index (χ2n) is 5.28. The molecule has 0 aliphatic carbocycles. The first-order valence-corrected chi connectivity index (χ1v) is 7.08. The van der Waals surface area contributed by atoms with Crippen molar-refractivity contribution in [1.29, 1.82) is 0 Å². The Labute approximate surface area is 125 Å². The van der Waals surface area contributed by atoms with Crippen molar-refractivity contribution in [1.82, 2.24) is 5.32 Å². The normalized spacial score (nSPS) is 13.3. The predicted molar refractivity (Wildman–Crippen MR) is 83.7 cm³/mol. The molecule has 1 aromatic carbocycles. The first-order chi connectivity index (χ1) is 9.92. The van der Waals surface area contributed by atoms with Crippen molar-refractivity contribution in [2.75, 3.05) is 11.9 Å². The van der Waals surface area contributed by atoms with Gasteiger partial charge in [0, 0.05) is 12.1 Å². The smallest absolute Gasteiger partial charge is 0.316 e. The number of nitrogens with one attached hydrogen (secondary N) is 2. The van der Waals surface area contributed by atoms with E-state index in [4.69, 9.17) is 11.5 Å². The lowest BCUT2D eigenvalue weighted by Gasteiger charge is -2.16. The average molecular weight is 292 g/mol. The standard InChI is InChI=1S/C15H24N4O2/c1-10(9-16)3-8-14(20)18-11(2)12-4-6-13(7-5-12)19-15(17)21/h4-7,10-11H,3,8-9,16H2,1-2H3,(H,18,20)(H3,17,19,21). The number of anilines is 1. The van der Waals surface area contributed by atoms with Gasteiger partial charge in [0.1, 0.15) is 0 Å². The third-order valence-electron chi connectivity index (χ3n) is 3.32. The molecule has 6 nitrogen and oxygen atoms in total. The third-order valence-corrected chi connectivity index (χ3v) is 3.32. The molecule has 0 aliphatic heterocycles. The first kappa shape index (κ1) is 17.0. The van der Waals surface area contributed by atoms with E-state index in [0.29, 0.717) is 24.6 Å². The average Bonchev–Trinajstić information content (AvgIpc) is 2.44. The zero-order chi connectivity index (χ0) is 15.8. The molecule has 1 aromatic rings. The van der Waals surface area contributed by atoms with Crippen LogP contribution in [0.25, 0.3) is 0 Å². The number of carbonyl (C=O) groups is 2. The Morgan fingerprint density at radius 2 is 1.81 bits per heavy atom. The topological polar surface area (TPSA) is 110 Å². The van der Waals surface area contributed by atoms with Gasteiger partial charge >= 0.3 is 6.03 Å². The van der Waals surface area contributed by atoms with Crippen LogP contribution in [0.5, 0.6) is 0 Å². The first-order valence-electron chi connectivity index (χ1n) is 7.08. The van der Waals surface area contributed by atoms with Gasteiger partial charge in [0.25, 0.3) is 0 Å². The van der Waals surface area contributed by atoms with Gasteiger partial charge in [-0.05, 0) is 43.5 Å². The van der Waals surface area contributed by atoms with Crippen molar-refractivity contribution in [2.45, 2.75) is 32.7 Å². The number of urea groups is 1. The van der Waals surface area contributed by atoms with Crippen LogP contribution in [-0.2, 0) is 4.79 Å². The van der Waals surface area contributed by atoms with E-state index in [-0.39, 0.29) is 11.9 Å². The van der Waals surface area contributed by atoms with Crippen LogP contribution in [0.4, 0.5) is 10.5 Å². The highest BCUT2D eigenvalue weighted by atomic mass is 16.2. The number of primary amides is 1. The van der Waals surface area contributed by atoms with Crippen LogP contribution in [0.1, 0.15) is 38.3 Å². The van der Waals surface area contributed by atoms with Crippen molar-refractivity contribution in [2.24, 2.45) is 17.4 Å². The molecule has 0 heterocycles. The van der Waals surface area contributed by atoms with Gasteiger partial charge in [-0.2, -0.15) is 0 Å². The van der Waals surface area contributed by atoms with Gasteiger partial charge in [0.15, 0.2) is 0 Å². The quantitative estimate of drug-likeness (QED) is 0.614. The largest absolute Gasteiger partial charge is 0.351 e. The Morgan fingerprint density at radius 1 is 1.19 bits per heavy atom. The number of benzene rings is 1. The molecule has 0 fully saturated rings. The lowest BCUT2D eigenvalue weighted by Crippen LogP contribution is -2.27. The summed E-state index contributed by atoms with van der Waals surface area (Å²) in [6, 6.07) is 6.50. The fourth-order valence-corrected chi connectivity index (χ4v) is 1.89. The Balaban J connectivity index is 2.49. The minimum Gasteiger partial charge on any atom is -0.351 e. The van der Waals surface area contributed by atoms with Gasteiger partial charge in [0.05, 0.1) is 6.04 Å². The summed E-state index contributed by atoms with van der Waals surface area (Å²) in [5.41, 5.74) is 12.2. The molecule has 6 heteroatoms. The second-order valence-corrected chi connectivity index (χ2v) is 5.28. The van der Waals surface area contributed by atoms with Crippen LogP contribution in [0, 0.1) is 5.92 Å². The Hall–Kier alpha value is -2.08. The molecule has 0 bridgehead atoms. The summed E-state index contributed by atoms with van der Waals surface area (Å²) in [5, 5.41) is 5.43. The van der Waals surface area contributed by atoms with E-state index in [9.17, 15) is 9.59 Å². The molecular formula is C15H24N4O2. The van der Waals surface area contributed by atoms with Gasteiger partial charge in [-0.3, -0.25) is 4.79 Å². The van der Waals surface area contributed by atoms with Crippen molar-refractivity contribution in [3.8, 4) is 0 Å². The third kappa shape index (κ3) is 6.27. The summed E-state index contributed by atoms with van der Waals surface area (Å²) in [6.45, 7) is 4.54. The number of carbonyl (C=O) groups excluding carboxylic acids is 2. The van der Waals surface area contributed by atoms with E-state index in [1.807, 2.05) is 26.0 Å². The molecule has 3 amide bonds. The highest BCUT2D eigenvalue weighted by molar-refractivity contribution is 5.87. The Morgan fingerprint density at radius 3 is 2.33 bits per heavy atom. The van der Waals surface area contributed by atoms with Crippen molar-refractivity contribution < 1.29 is 9.59 Å². The maximum absolute atomic E-state index is 11.8. The summed E-state index contributed by atoms with van der Waals surface area (Å²) in [7, 11) is 0. The van der Waals surface area contributed by atoms with E-state index in [1.54, 1.807) is 12.1 Å².